The van der Waals surface area contributed by atoms with Gasteiger partial charge in [-0.1, -0.05) is 23.5 Å². The van der Waals surface area contributed by atoms with Gasteiger partial charge in [-0.25, -0.2) is 4.99 Å². The summed E-state index contributed by atoms with van der Waals surface area (Å²) in [4.78, 5) is 23.4. The fraction of sp³-hybridized carbons (Fsp3) is 0.167. The Bertz CT molecular complexity index is 1150. The highest BCUT2D eigenvalue weighted by molar-refractivity contribution is 7.07. The summed E-state index contributed by atoms with van der Waals surface area (Å²) in [6.07, 6.45) is -1.10. The van der Waals surface area contributed by atoms with Crippen molar-refractivity contribution in [3.8, 4) is 0 Å². The molecule has 1 aromatic carbocycles. The first-order valence-corrected chi connectivity index (χ1v) is 8.82. The quantitative estimate of drug-likeness (QED) is 0.674. The summed E-state index contributed by atoms with van der Waals surface area (Å²) in [6, 6.07) is 10.4. The van der Waals surface area contributed by atoms with E-state index in [1.807, 2.05) is 6.07 Å². The summed E-state index contributed by atoms with van der Waals surface area (Å²) in [5.41, 5.74) is 0.0600. The monoisotopic (exact) mass is 390 g/mol. The maximum absolute atomic E-state index is 12.9. The zero-order chi connectivity index (χ0) is 19.0. The van der Waals surface area contributed by atoms with Gasteiger partial charge in [0.15, 0.2) is 4.80 Å². The molecule has 0 spiro atoms. The van der Waals surface area contributed by atoms with Crippen molar-refractivity contribution in [1.29, 1.82) is 0 Å². The molecule has 0 saturated heterocycles. The van der Waals surface area contributed by atoms with Gasteiger partial charge in [0.2, 0.25) is 0 Å². The summed E-state index contributed by atoms with van der Waals surface area (Å²) in [7, 11) is 0. The van der Waals surface area contributed by atoms with Crippen LogP contribution in [0, 0.1) is 0 Å². The van der Waals surface area contributed by atoms with Crippen LogP contribution in [0.5, 0.6) is 0 Å². The molecule has 0 fully saturated rings. The van der Waals surface area contributed by atoms with Crippen molar-refractivity contribution in [2.24, 2.45) is 4.99 Å². The maximum atomic E-state index is 12.9. The zero-order valence-electron chi connectivity index (χ0n) is 13.8. The number of hydrogen-bond donors (Lipinski definition) is 0. The fourth-order valence-electron chi connectivity index (χ4n) is 2.75. The number of aromatic nitrogens is 2. The molecule has 0 atom stereocenters. The van der Waals surface area contributed by atoms with E-state index >= 15 is 0 Å². The van der Waals surface area contributed by atoms with E-state index in [0.29, 0.717) is 20.7 Å². The molecule has 27 heavy (non-hydrogen) atoms. The first-order valence-electron chi connectivity index (χ1n) is 8.01. The van der Waals surface area contributed by atoms with Crippen molar-refractivity contribution in [2.45, 2.75) is 12.8 Å². The minimum Gasteiger partial charge on any atom is -0.334 e. The Morgan fingerprint density at radius 1 is 1.15 bits per heavy atom. The second kappa shape index (κ2) is 6.66. The van der Waals surface area contributed by atoms with Crippen LogP contribution in [0.15, 0.2) is 58.4 Å². The van der Waals surface area contributed by atoms with Gasteiger partial charge in [-0.15, -0.1) is 0 Å². The molecule has 1 aliphatic heterocycles. The van der Waals surface area contributed by atoms with E-state index in [4.69, 9.17) is 0 Å². The molecule has 2 aromatic heterocycles. The van der Waals surface area contributed by atoms with Crippen LogP contribution in [0.25, 0.3) is 6.08 Å². The number of nitrogens with zero attached hydrogens (tertiary/aromatic N) is 4. The Morgan fingerprint density at radius 2 is 2.00 bits per heavy atom. The van der Waals surface area contributed by atoms with E-state index < -0.39 is 11.7 Å². The Hall–Kier alpha value is -2.94. The van der Waals surface area contributed by atoms with Crippen LogP contribution in [0.3, 0.4) is 0 Å². The van der Waals surface area contributed by atoms with Gasteiger partial charge in [-0.05, 0) is 36.4 Å². The highest BCUT2D eigenvalue weighted by Gasteiger charge is 2.31. The van der Waals surface area contributed by atoms with Crippen LogP contribution in [0.4, 0.5) is 18.9 Å². The molecule has 0 N–H and O–H groups in total. The molecule has 4 rings (SSSR count). The van der Waals surface area contributed by atoms with Gasteiger partial charge in [-0.3, -0.25) is 14.3 Å². The van der Waals surface area contributed by atoms with Crippen molar-refractivity contribution in [3.05, 3.63) is 79.6 Å². The molecule has 0 unspecified atom stereocenters. The van der Waals surface area contributed by atoms with Crippen LogP contribution in [0.1, 0.15) is 11.3 Å². The summed E-state index contributed by atoms with van der Waals surface area (Å²) < 4.78 is 40.8. The average molecular weight is 390 g/mol. The Balaban J connectivity index is 1.69. The average Bonchev–Trinajstić information content (AvgIpc) is 2.97. The van der Waals surface area contributed by atoms with Gasteiger partial charge in [0, 0.05) is 11.9 Å². The lowest BCUT2D eigenvalue weighted by Gasteiger charge is -2.26. The largest absolute Gasteiger partial charge is 0.416 e. The predicted octanol–water partition coefficient (Wildman–Crippen LogP) is 2.21. The summed E-state index contributed by atoms with van der Waals surface area (Å²) >= 11 is 1.24. The fourth-order valence-corrected chi connectivity index (χ4v) is 3.70. The SMILES string of the molecule is O=c1c(=Cc2ccccn2)sc2n1CN(c1cccc(C(F)(F)F)c1)CN=2. The van der Waals surface area contributed by atoms with E-state index in [1.165, 1.54) is 22.0 Å². The third kappa shape index (κ3) is 3.50. The summed E-state index contributed by atoms with van der Waals surface area (Å²) in [5.74, 6) is 0. The third-order valence-electron chi connectivity index (χ3n) is 4.08. The second-order valence-corrected chi connectivity index (χ2v) is 6.92. The minimum atomic E-state index is -4.42. The van der Waals surface area contributed by atoms with Gasteiger partial charge in [0.05, 0.1) is 15.8 Å². The lowest BCUT2D eigenvalue weighted by Crippen LogP contribution is -2.42. The van der Waals surface area contributed by atoms with E-state index in [-0.39, 0.29) is 18.9 Å². The van der Waals surface area contributed by atoms with E-state index in [1.54, 1.807) is 35.4 Å². The highest BCUT2D eigenvalue weighted by Crippen LogP contribution is 2.31. The molecular weight excluding hydrogens is 377 g/mol. The van der Waals surface area contributed by atoms with Crippen molar-refractivity contribution in [1.82, 2.24) is 9.55 Å². The first kappa shape index (κ1) is 17.5. The molecule has 0 aliphatic carbocycles. The summed E-state index contributed by atoms with van der Waals surface area (Å²) in [6.45, 7) is 0.329. The number of alkyl halides is 3. The number of thiazole rings is 1. The van der Waals surface area contributed by atoms with Crippen LogP contribution in [-0.2, 0) is 12.8 Å². The number of hydrogen-bond acceptors (Lipinski definition) is 5. The second-order valence-electron chi connectivity index (χ2n) is 5.91. The molecule has 9 heteroatoms. The molecule has 0 radical (unpaired) electrons. The van der Waals surface area contributed by atoms with Gasteiger partial charge in [0.1, 0.15) is 13.3 Å². The predicted molar refractivity (Wildman–Crippen MR) is 96.0 cm³/mol. The molecule has 1 aliphatic rings. The van der Waals surface area contributed by atoms with Crippen LogP contribution < -0.4 is 19.8 Å². The first-order chi connectivity index (χ1) is 12.9. The normalized spacial score (nSPS) is 14.8. The smallest absolute Gasteiger partial charge is 0.334 e. The van der Waals surface area contributed by atoms with Crippen molar-refractivity contribution >= 4 is 23.1 Å². The number of rotatable bonds is 2. The molecule has 0 bridgehead atoms. The molecule has 3 heterocycles. The van der Waals surface area contributed by atoms with Crippen molar-refractivity contribution < 1.29 is 13.2 Å². The van der Waals surface area contributed by atoms with Crippen molar-refractivity contribution in [2.75, 3.05) is 11.6 Å². The van der Waals surface area contributed by atoms with Crippen LogP contribution in [-0.4, -0.2) is 16.2 Å². The van der Waals surface area contributed by atoms with E-state index in [9.17, 15) is 18.0 Å². The topological polar surface area (TPSA) is 50.5 Å². The molecule has 3 aromatic rings. The number of anilines is 1. The number of fused-ring (bicyclic) bond motifs is 1. The minimum absolute atomic E-state index is 0.144. The Morgan fingerprint density at radius 3 is 2.74 bits per heavy atom. The Kier molecular flexibility index (Phi) is 4.31. The van der Waals surface area contributed by atoms with E-state index in [2.05, 4.69) is 9.98 Å². The van der Waals surface area contributed by atoms with Crippen molar-refractivity contribution in [3.63, 3.8) is 0 Å². The molecule has 5 nitrogen and oxygen atoms in total. The highest BCUT2D eigenvalue weighted by atomic mass is 32.1. The molecule has 138 valence electrons. The lowest BCUT2D eigenvalue weighted by atomic mass is 10.2. The number of pyridine rings is 1. The van der Waals surface area contributed by atoms with E-state index in [0.717, 1.165) is 12.1 Å². The van der Waals surface area contributed by atoms with Crippen LogP contribution in [0.2, 0.25) is 0 Å². The maximum Gasteiger partial charge on any atom is 0.416 e. The van der Waals surface area contributed by atoms with Gasteiger partial charge in [0.25, 0.3) is 5.56 Å². The van der Waals surface area contributed by atoms with Gasteiger partial charge in [-0.2, -0.15) is 13.2 Å². The number of benzene rings is 1. The standard InChI is InChI=1S/C18H13F3N4OS/c19-18(20,21)12-4-3-6-14(8-12)24-10-23-17-25(11-24)16(26)15(27-17)9-13-5-1-2-7-22-13/h1-9H,10-11H2. The van der Waals surface area contributed by atoms with Crippen LogP contribution >= 0.6 is 11.3 Å². The van der Waals surface area contributed by atoms with Gasteiger partial charge >= 0.3 is 6.18 Å². The van der Waals surface area contributed by atoms with Gasteiger partial charge < -0.3 is 4.90 Å². The Labute approximate surface area is 155 Å². The zero-order valence-corrected chi connectivity index (χ0v) is 14.7. The third-order valence-corrected chi connectivity index (χ3v) is 5.13. The summed E-state index contributed by atoms with van der Waals surface area (Å²) in [5, 5.41) is 0. The molecule has 0 saturated carbocycles. The lowest BCUT2D eigenvalue weighted by molar-refractivity contribution is -0.137. The molecular formula is C18H13F3N4OS. The number of halogens is 3. The molecule has 0 amide bonds.